The van der Waals surface area contributed by atoms with Crippen LogP contribution in [0.15, 0.2) is 72.8 Å². The van der Waals surface area contributed by atoms with E-state index in [1.807, 2.05) is 36.4 Å². The Balaban J connectivity index is 1.50. The number of thiophene rings is 1. The van der Waals surface area contributed by atoms with Crippen LogP contribution >= 0.6 is 22.9 Å². The highest BCUT2D eigenvalue weighted by Crippen LogP contribution is 2.51. The number of carbonyl (C=O) groups is 2. The molecule has 5 rings (SSSR count). The highest BCUT2D eigenvalue weighted by Gasteiger charge is 2.52. The van der Waals surface area contributed by atoms with Crippen LogP contribution in [0, 0.1) is 10.9 Å². The number of hydrogen-bond acceptors (Lipinski definition) is 4. The zero-order valence-electron chi connectivity index (χ0n) is 20.1. The minimum absolute atomic E-state index is 0.115. The van der Waals surface area contributed by atoms with Gasteiger partial charge in [-0.25, -0.2) is 9.18 Å². The summed E-state index contributed by atoms with van der Waals surface area (Å²) in [6.07, 6.45) is -0.610. The smallest absolute Gasteiger partial charge is 0.412 e. The summed E-state index contributed by atoms with van der Waals surface area (Å²) in [6.45, 7) is 1.59. The van der Waals surface area contributed by atoms with E-state index in [1.54, 1.807) is 19.1 Å². The highest BCUT2D eigenvalue weighted by molar-refractivity contribution is 7.14. The molecule has 3 aromatic carbocycles. The van der Waals surface area contributed by atoms with Crippen LogP contribution in [-0.4, -0.2) is 17.2 Å². The Bertz CT molecular complexity index is 1540. The van der Waals surface area contributed by atoms with Gasteiger partial charge >= 0.3 is 12.1 Å². The van der Waals surface area contributed by atoms with Crippen molar-refractivity contribution < 1.29 is 28.2 Å². The lowest BCUT2D eigenvalue weighted by Gasteiger charge is -2.18. The first-order chi connectivity index (χ1) is 18.2. The van der Waals surface area contributed by atoms with E-state index in [1.165, 1.54) is 18.2 Å². The maximum Gasteiger partial charge on any atom is 0.412 e. The van der Waals surface area contributed by atoms with Crippen LogP contribution < -0.4 is 5.32 Å². The third-order valence-corrected chi connectivity index (χ3v) is 7.97. The second kappa shape index (κ2) is 10.2. The van der Waals surface area contributed by atoms with Crippen molar-refractivity contribution in [3.8, 4) is 21.6 Å². The predicted octanol–water partition coefficient (Wildman–Crippen LogP) is 8.44. The van der Waals surface area contributed by atoms with Crippen molar-refractivity contribution in [2.75, 3.05) is 5.32 Å². The third-order valence-electron chi connectivity index (χ3n) is 6.68. The van der Waals surface area contributed by atoms with Gasteiger partial charge in [-0.05, 0) is 54.7 Å². The van der Waals surface area contributed by atoms with E-state index in [0.717, 1.165) is 28.5 Å². The molecule has 0 saturated heterocycles. The largest absolute Gasteiger partial charge is 0.481 e. The molecular weight excluding hydrogens is 532 g/mol. The number of aliphatic carboxylic acids is 1. The van der Waals surface area contributed by atoms with Gasteiger partial charge < -0.3 is 9.84 Å². The Morgan fingerprint density at radius 3 is 2.42 bits per heavy atom. The van der Waals surface area contributed by atoms with Crippen molar-refractivity contribution in [2.45, 2.75) is 31.3 Å². The average Bonchev–Trinajstić information content (AvgIpc) is 3.62. The molecule has 0 spiro atoms. The quantitative estimate of drug-likeness (QED) is 0.241. The van der Waals surface area contributed by atoms with Crippen LogP contribution in [0.4, 0.5) is 19.3 Å². The van der Waals surface area contributed by atoms with E-state index >= 15 is 0 Å². The minimum atomic E-state index is -0.962. The van der Waals surface area contributed by atoms with Crippen molar-refractivity contribution >= 4 is 40.7 Å². The summed E-state index contributed by atoms with van der Waals surface area (Å²) < 4.78 is 33.5. The Labute approximate surface area is 226 Å². The molecule has 1 saturated carbocycles. The molecule has 0 radical (unpaired) electrons. The number of hydrogen-bond donors (Lipinski definition) is 2. The molecular formula is C29H22ClF2NO4S. The number of rotatable bonds is 7. The number of halogens is 3. The fourth-order valence-corrected chi connectivity index (χ4v) is 5.69. The van der Waals surface area contributed by atoms with Gasteiger partial charge in [0.1, 0.15) is 11.9 Å². The lowest BCUT2D eigenvalue weighted by Crippen LogP contribution is -2.19. The van der Waals surface area contributed by atoms with Crippen LogP contribution in [0.2, 0.25) is 5.02 Å². The van der Waals surface area contributed by atoms with Gasteiger partial charge in [-0.15, -0.1) is 11.3 Å². The molecule has 1 aliphatic rings. The van der Waals surface area contributed by atoms with Crippen LogP contribution in [0.5, 0.6) is 0 Å². The predicted molar refractivity (Wildman–Crippen MR) is 144 cm³/mol. The average molecular weight is 554 g/mol. The summed E-state index contributed by atoms with van der Waals surface area (Å²) in [4.78, 5) is 25.2. The summed E-state index contributed by atoms with van der Waals surface area (Å²) in [5, 5.41) is 12.0. The van der Waals surface area contributed by atoms with Crippen LogP contribution in [-0.2, 0) is 14.9 Å². The van der Waals surface area contributed by atoms with E-state index in [9.17, 15) is 23.5 Å². The van der Waals surface area contributed by atoms with Crippen LogP contribution in [0.25, 0.3) is 21.6 Å². The normalized spacial score (nSPS) is 14.5. The van der Waals surface area contributed by atoms with E-state index in [4.69, 9.17) is 16.3 Å². The number of ether oxygens (including phenoxy) is 1. The highest BCUT2D eigenvalue weighted by atomic mass is 35.5. The fraction of sp³-hybridized carbons (Fsp3) is 0.172. The Kier molecular flexibility index (Phi) is 6.94. The number of carboxylic acid groups (broad SMARTS) is 1. The van der Waals surface area contributed by atoms with E-state index in [-0.39, 0.29) is 10.7 Å². The van der Waals surface area contributed by atoms with Gasteiger partial charge in [-0.3, -0.25) is 10.1 Å². The number of benzene rings is 3. The zero-order chi connectivity index (χ0) is 27.0. The van der Waals surface area contributed by atoms with Gasteiger partial charge in [0.2, 0.25) is 0 Å². The van der Waals surface area contributed by atoms with Gasteiger partial charge in [0, 0.05) is 17.2 Å². The first-order valence-corrected chi connectivity index (χ1v) is 13.0. The van der Waals surface area contributed by atoms with Gasteiger partial charge in [0.15, 0.2) is 5.13 Å². The fourth-order valence-electron chi connectivity index (χ4n) is 4.50. The first kappa shape index (κ1) is 25.9. The summed E-state index contributed by atoms with van der Waals surface area (Å²) >= 11 is 6.93. The van der Waals surface area contributed by atoms with E-state index < -0.39 is 34.5 Å². The van der Waals surface area contributed by atoms with Crippen LogP contribution in [0.3, 0.4) is 0 Å². The van der Waals surface area contributed by atoms with Crippen molar-refractivity contribution in [3.63, 3.8) is 0 Å². The molecule has 4 aromatic rings. The third kappa shape index (κ3) is 5.01. The lowest BCUT2D eigenvalue weighted by molar-refractivity contribution is -0.140. The Morgan fingerprint density at radius 2 is 1.76 bits per heavy atom. The van der Waals surface area contributed by atoms with E-state index in [2.05, 4.69) is 5.32 Å². The van der Waals surface area contributed by atoms with Crippen molar-refractivity contribution in [1.29, 1.82) is 0 Å². The van der Waals surface area contributed by atoms with Crippen molar-refractivity contribution in [2.24, 2.45) is 0 Å². The molecule has 0 aliphatic heterocycles. The summed E-state index contributed by atoms with van der Waals surface area (Å²) in [7, 11) is 0. The van der Waals surface area contributed by atoms with Crippen molar-refractivity contribution in [1.82, 2.24) is 0 Å². The molecule has 1 atom stereocenters. The molecule has 2 N–H and O–H groups in total. The second-order valence-corrected chi connectivity index (χ2v) is 10.6. The minimum Gasteiger partial charge on any atom is -0.481 e. The molecule has 1 aromatic heterocycles. The number of nitrogens with one attached hydrogen (secondary N) is 1. The molecule has 0 bridgehead atoms. The summed E-state index contributed by atoms with van der Waals surface area (Å²) in [5.74, 6) is -1.41. The molecule has 1 amide bonds. The summed E-state index contributed by atoms with van der Waals surface area (Å²) in [5.41, 5.74) is 2.49. The Morgan fingerprint density at radius 1 is 1.03 bits per heavy atom. The van der Waals surface area contributed by atoms with Gasteiger partial charge in [0.25, 0.3) is 0 Å². The number of amides is 1. The van der Waals surface area contributed by atoms with Crippen LogP contribution in [0.1, 0.15) is 37.0 Å². The second-order valence-electron chi connectivity index (χ2n) is 9.15. The lowest BCUT2D eigenvalue weighted by atomic mass is 9.89. The van der Waals surface area contributed by atoms with Crippen molar-refractivity contribution in [3.05, 3.63) is 99.9 Å². The molecule has 1 heterocycles. The van der Waals surface area contributed by atoms with E-state index in [0.29, 0.717) is 34.4 Å². The Hall–Kier alpha value is -3.75. The molecule has 1 aliphatic carbocycles. The summed E-state index contributed by atoms with van der Waals surface area (Å²) in [6, 6.07) is 19.8. The SMILES string of the molecule is CC(OC(=O)Nc1cc(F)sc1-c1cc(C2(C(=O)O)CC2)ccc1-c1ccccc1)c1ccc(F)cc1Cl. The van der Waals surface area contributed by atoms with Gasteiger partial charge in [-0.2, -0.15) is 4.39 Å². The molecule has 1 fully saturated rings. The molecule has 1 unspecified atom stereocenters. The first-order valence-electron chi connectivity index (χ1n) is 11.8. The monoisotopic (exact) mass is 553 g/mol. The van der Waals surface area contributed by atoms with Gasteiger partial charge in [-0.1, -0.05) is 60.1 Å². The standard InChI is InChI=1S/C29H22ClF2NO4S/c1-16(20-10-8-19(31)14-23(20)30)37-28(36)33-24-15-25(32)38-26(24)22-13-18(29(11-12-29)27(34)35)7-9-21(22)17-5-3-2-4-6-17/h2-10,13-16H,11-12H2,1H3,(H,33,36)(H,34,35). The maximum atomic E-state index is 14.6. The topological polar surface area (TPSA) is 75.6 Å². The molecule has 5 nitrogen and oxygen atoms in total. The van der Waals surface area contributed by atoms with Gasteiger partial charge in [0.05, 0.1) is 21.0 Å². The molecule has 9 heteroatoms. The number of anilines is 1. The number of carbonyl (C=O) groups excluding carboxylic acids is 1. The molecule has 194 valence electrons. The molecule has 38 heavy (non-hydrogen) atoms. The maximum absolute atomic E-state index is 14.6. The number of carboxylic acids is 1. The zero-order valence-corrected chi connectivity index (χ0v) is 21.7.